The summed E-state index contributed by atoms with van der Waals surface area (Å²) in [7, 11) is 0.363. The van der Waals surface area contributed by atoms with Gasteiger partial charge in [0.05, 0.1) is 0 Å². The summed E-state index contributed by atoms with van der Waals surface area (Å²) in [5, 5.41) is 0. The highest BCUT2D eigenvalue weighted by Gasteiger charge is 2.47. The van der Waals surface area contributed by atoms with Gasteiger partial charge in [0.2, 0.25) is 5.91 Å². The lowest BCUT2D eigenvalue weighted by Crippen LogP contribution is -2.57. The molecule has 0 aromatic rings. The van der Waals surface area contributed by atoms with Gasteiger partial charge in [-0.2, -0.15) is 0 Å². The molecular weight excluding hydrogens is 316 g/mol. The van der Waals surface area contributed by atoms with E-state index in [9.17, 15) is 13.8 Å². The first-order chi connectivity index (χ1) is 10.5. The van der Waals surface area contributed by atoms with E-state index < -0.39 is 21.1 Å². The topological polar surface area (TPSA) is 66.9 Å². The minimum absolute atomic E-state index is 0.151. The van der Waals surface area contributed by atoms with Gasteiger partial charge < -0.3 is 14.5 Å². The number of hydrogen-bond donors (Lipinski definition) is 0. The second-order valence-electron chi connectivity index (χ2n) is 6.89. The van der Waals surface area contributed by atoms with E-state index in [2.05, 4.69) is 6.58 Å². The number of ether oxygens (including phenoxy) is 1. The number of hydrogen-bond acceptors (Lipinski definition) is 4. The molecule has 1 saturated heterocycles. The summed E-state index contributed by atoms with van der Waals surface area (Å²) in [6.07, 6.45) is 3.55. The molecule has 1 atom stereocenters. The molecule has 132 valence electrons. The highest BCUT2D eigenvalue weighted by Crippen LogP contribution is 2.30. The number of nitrogens with zero attached hydrogens (tertiary/aromatic N) is 2. The average Bonchev–Trinajstić information content (AvgIpc) is 2.44. The second kappa shape index (κ2) is 7.47. The van der Waals surface area contributed by atoms with Crippen LogP contribution in [0.25, 0.3) is 0 Å². The molecule has 1 fully saturated rings. The Labute approximate surface area is 141 Å². The molecule has 1 aliphatic rings. The molecule has 0 spiro atoms. The van der Waals surface area contributed by atoms with Gasteiger partial charge in [-0.3, -0.25) is 9.00 Å². The Morgan fingerprint density at radius 1 is 1.35 bits per heavy atom. The summed E-state index contributed by atoms with van der Waals surface area (Å²) >= 11 is 0. The van der Waals surface area contributed by atoms with E-state index in [1.807, 2.05) is 20.8 Å². The first kappa shape index (κ1) is 19.7. The Kier molecular flexibility index (Phi) is 6.39. The SMILES string of the molecule is C=CCN(C)C(=O)C1(S(C)=O)CCN(C(=O)OC(C)(C)C)CC1. The highest BCUT2D eigenvalue weighted by atomic mass is 32.2. The summed E-state index contributed by atoms with van der Waals surface area (Å²) in [5.41, 5.74) is -0.556. The van der Waals surface area contributed by atoms with E-state index in [-0.39, 0.29) is 12.0 Å². The normalized spacial score (nSPS) is 18.9. The number of likely N-dealkylation sites (tertiary alicyclic amines) is 1. The standard InChI is InChI=1S/C16H28N2O4S/c1-7-10-17(5)13(19)16(23(6)21)8-11-18(12-9-16)14(20)22-15(2,3)4/h7H,1,8-12H2,2-6H3. The van der Waals surface area contributed by atoms with Gasteiger partial charge in [0.15, 0.2) is 0 Å². The molecule has 1 heterocycles. The van der Waals surface area contributed by atoms with Crippen molar-refractivity contribution >= 4 is 22.8 Å². The molecule has 6 nitrogen and oxygen atoms in total. The monoisotopic (exact) mass is 344 g/mol. The van der Waals surface area contributed by atoms with Crippen molar-refractivity contribution < 1.29 is 18.5 Å². The van der Waals surface area contributed by atoms with Gasteiger partial charge in [-0.05, 0) is 33.6 Å². The van der Waals surface area contributed by atoms with Crippen LogP contribution < -0.4 is 0 Å². The third-order valence-corrected chi connectivity index (χ3v) is 5.60. The maximum atomic E-state index is 12.7. The summed E-state index contributed by atoms with van der Waals surface area (Å²) in [6, 6.07) is 0. The first-order valence-corrected chi connectivity index (χ1v) is 9.27. The zero-order valence-electron chi connectivity index (χ0n) is 14.8. The van der Waals surface area contributed by atoms with Crippen LogP contribution in [0, 0.1) is 0 Å². The number of piperidine rings is 1. The Bertz CT molecular complexity index is 491. The van der Waals surface area contributed by atoms with Crippen LogP contribution in [0.5, 0.6) is 0 Å². The largest absolute Gasteiger partial charge is 0.444 e. The minimum Gasteiger partial charge on any atom is -0.444 e. The second-order valence-corrected chi connectivity index (χ2v) is 8.58. The van der Waals surface area contributed by atoms with Gasteiger partial charge in [0.25, 0.3) is 0 Å². The molecular formula is C16H28N2O4S. The molecule has 23 heavy (non-hydrogen) atoms. The molecule has 1 aliphatic heterocycles. The van der Waals surface area contributed by atoms with E-state index in [0.29, 0.717) is 32.5 Å². The van der Waals surface area contributed by atoms with Gasteiger partial charge in [-0.25, -0.2) is 4.79 Å². The van der Waals surface area contributed by atoms with Crippen molar-refractivity contribution in [3.8, 4) is 0 Å². The lowest BCUT2D eigenvalue weighted by molar-refractivity contribution is -0.133. The number of likely N-dealkylation sites (N-methyl/N-ethyl adjacent to an activating group) is 1. The Balaban J connectivity index is 2.82. The zero-order valence-corrected chi connectivity index (χ0v) is 15.6. The lowest BCUT2D eigenvalue weighted by Gasteiger charge is -2.41. The van der Waals surface area contributed by atoms with E-state index in [0.717, 1.165) is 0 Å². The molecule has 0 aromatic heterocycles. The predicted octanol–water partition coefficient (Wildman–Crippen LogP) is 1.78. The zero-order chi connectivity index (χ0) is 17.8. The predicted molar refractivity (Wildman–Crippen MR) is 91.7 cm³/mol. The highest BCUT2D eigenvalue weighted by molar-refractivity contribution is 7.86. The van der Waals surface area contributed by atoms with E-state index in [4.69, 9.17) is 4.74 Å². The Hall–Kier alpha value is -1.37. The van der Waals surface area contributed by atoms with Crippen LogP contribution in [0.4, 0.5) is 4.79 Å². The number of carbonyl (C=O) groups excluding carboxylic acids is 2. The lowest BCUT2D eigenvalue weighted by atomic mass is 9.94. The average molecular weight is 344 g/mol. The van der Waals surface area contributed by atoms with Gasteiger partial charge in [-0.15, -0.1) is 6.58 Å². The third-order valence-electron chi connectivity index (χ3n) is 3.91. The molecule has 1 unspecified atom stereocenters. The molecule has 7 heteroatoms. The molecule has 0 radical (unpaired) electrons. The van der Waals surface area contributed by atoms with Crippen LogP contribution in [0.2, 0.25) is 0 Å². The number of rotatable bonds is 4. The summed E-state index contributed by atoms with van der Waals surface area (Å²) in [6.45, 7) is 10.2. The molecule has 0 saturated carbocycles. The van der Waals surface area contributed by atoms with E-state index >= 15 is 0 Å². The molecule has 0 N–H and O–H groups in total. The fraction of sp³-hybridized carbons (Fsp3) is 0.750. The smallest absolute Gasteiger partial charge is 0.410 e. The van der Waals surface area contributed by atoms with Crippen molar-refractivity contribution in [1.29, 1.82) is 0 Å². The summed E-state index contributed by atoms with van der Waals surface area (Å²) < 4.78 is 16.7. The first-order valence-electron chi connectivity index (χ1n) is 7.71. The van der Waals surface area contributed by atoms with Crippen LogP contribution in [0.1, 0.15) is 33.6 Å². The maximum Gasteiger partial charge on any atom is 0.410 e. The van der Waals surface area contributed by atoms with Crippen molar-refractivity contribution in [1.82, 2.24) is 9.80 Å². The number of carbonyl (C=O) groups is 2. The fourth-order valence-corrected chi connectivity index (χ4v) is 3.78. The van der Waals surface area contributed by atoms with Crippen LogP contribution in [0.3, 0.4) is 0 Å². The van der Waals surface area contributed by atoms with Crippen LogP contribution in [0.15, 0.2) is 12.7 Å². The van der Waals surface area contributed by atoms with Crippen molar-refractivity contribution in [3.63, 3.8) is 0 Å². The Morgan fingerprint density at radius 2 is 1.87 bits per heavy atom. The van der Waals surface area contributed by atoms with Gasteiger partial charge in [0.1, 0.15) is 10.3 Å². The molecule has 2 amide bonds. The molecule has 0 aliphatic carbocycles. The van der Waals surface area contributed by atoms with Gasteiger partial charge in [-0.1, -0.05) is 6.08 Å². The van der Waals surface area contributed by atoms with Crippen molar-refractivity contribution in [2.24, 2.45) is 0 Å². The summed E-state index contributed by atoms with van der Waals surface area (Å²) in [5.74, 6) is -0.151. The number of amides is 2. The van der Waals surface area contributed by atoms with Gasteiger partial charge in [0, 0.05) is 43.7 Å². The summed E-state index contributed by atoms with van der Waals surface area (Å²) in [4.78, 5) is 27.9. The van der Waals surface area contributed by atoms with Crippen molar-refractivity contribution in [2.75, 3.05) is 32.9 Å². The molecule has 1 rings (SSSR count). The maximum absolute atomic E-state index is 12.7. The van der Waals surface area contributed by atoms with Crippen LogP contribution in [-0.2, 0) is 20.3 Å². The molecule has 0 aromatic carbocycles. The van der Waals surface area contributed by atoms with Gasteiger partial charge >= 0.3 is 6.09 Å². The van der Waals surface area contributed by atoms with Crippen LogP contribution >= 0.6 is 0 Å². The van der Waals surface area contributed by atoms with Crippen LogP contribution in [-0.4, -0.2) is 69.3 Å². The third kappa shape index (κ3) is 4.80. The van der Waals surface area contributed by atoms with Crippen molar-refractivity contribution in [3.05, 3.63) is 12.7 Å². The quantitative estimate of drug-likeness (QED) is 0.729. The van der Waals surface area contributed by atoms with E-state index in [1.165, 1.54) is 4.90 Å². The fourth-order valence-electron chi connectivity index (χ4n) is 2.63. The van der Waals surface area contributed by atoms with E-state index in [1.54, 1.807) is 24.3 Å². The Morgan fingerprint density at radius 3 is 2.26 bits per heavy atom. The minimum atomic E-state index is -1.32. The van der Waals surface area contributed by atoms with Crippen molar-refractivity contribution in [2.45, 2.75) is 44.0 Å². The molecule has 0 bridgehead atoms.